The van der Waals surface area contributed by atoms with Crippen molar-refractivity contribution < 1.29 is 18.7 Å². The van der Waals surface area contributed by atoms with Crippen molar-refractivity contribution in [3.63, 3.8) is 0 Å². The first kappa shape index (κ1) is 16.7. The van der Waals surface area contributed by atoms with Crippen LogP contribution < -0.4 is 5.32 Å². The van der Waals surface area contributed by atoms with Gasteiger partial charge in [-0.2, -0.15) is 0 Å². The van der Waals surface area contributed by atoms with Crippen molar-refractivity contribution in [2.24, 2.45) is 0 Å². The van der Waals surface area contributed by atoms with Crippen molar-refractivity contribution in [3.8, 4) is 0 Å². The summed E-state index contributed by atoms with van der Waals surface area (Å²) in [5.41, 5.74) is 2.44. The summed E-state index contributed by atoms with van der Waals surface area (Å²) < 4.78 is 18.6. The number of hydrogen-bond donors (Lipinski definition) is 1. The molecular weight excluding hydrogens is 297 g/mol. The van der Waals surface area contributed by atoms with Gasteiger partial charge in [0.1, 0.15) is 5.82 Å². The first-order chi connectivity index (χ1) is 10.9. The van der Waals surface area contributed by atoms with Crippen LogP contribution in [0.15, 0.2) is 42.5 Å². The van der Waals surface area contributed by atoms with Crippen LogP contribution in [0.2, 0.25) is 0 Å². The molecule has 4 nitrogen and oxygen atoms in total. The van der Waals surface area contributed by atoms with Crippen LogP contribution in [0.25, 0.3) is 0 Å². The van der Waals surface area contributed by atoms with Crippen molar-refractivity contribution in [2.45, 2.75) is 26.9 Å². The first-order valence-electron chi connectivity index (χ1n) is 7.22. The summed E-state index contributed by atoms with van der Waals surface area (Å²) >= 11 is 0. The van der Waals surface area contributed by atoms with Gasteiger partial charge in [0.25, 0.3) is 5.91 Å². The number of esters is 1. The minimum Gasteiger partial charge on any atom is -0.449 e. The Morgan fingerprint density at radius 2 is 1.78 bits per heavy atom. The van der Waals surface area contributed by atoms with Gasteiger partial charge in [0.05, 0.1) is 5.56 Å². The van der Waals surface area contributed by atoms with Gasteiger partial charge in [0.2, 0.25) is 0 Å². The number of carbonyl (C=O) groups excluding carboxylic acids is 2. The molecule has 2 aromatic carbocycles. The number of aryl methyl sites for hydroxylation is 1. The lowest BCUT2D eigenvalue weighted by molar-refractivity contribution is -0.123. The van der Waals surface area contributed by atoms with Crippen LogP contribution in [0.4, 0.5) is 10.1 Å². The molecule has 0 aliphatic heterocycles. The summed E-state index contributed by atoms with van der Waals surface area (Å²) in [7, 11) is 0. The zero-order valence-corrected chi connectivity index (χ0v) is 13.2. The average Bonchev–Trinajstić information content (AvgIpc) is 2.52. The third-order valence-electron chi connectivity index (χ3n) is 3.61. The fourth-order valence-electron chi connectivity index (χ4n) is 2.03. The third-order valence-corrected chi connectivity index (χ3v) is 3.61. The zero-order valence-electron chi connectivity index (χ0n) is 13.2. The molecule has 0 fully saturated rings. The number of hydrogen-bond acceptors (Lipinski definition) is 3. The van der Waals surface area contributed by atoms with Crippen LogP contribution in [0, 0.1) is 19.7 Å². The van der Waals surface area contributed by atoms with Crippen LogP contribution in [-0.4, -0.2) is 18.0 Å². The molecule has 2 rings (SSSR count). The van der Waals surface area contributed by atoms with Gasteiger partial charge >= 0.3 is 5.97 Å². The molecule has 120 valence electrons. The SMILES string of the molecule is Cc1cccc(NC(=O)[C@H](C)OC(=O)c2ccccc2F)c1C. The molecule has 0 radical (unpaired) electrons. The lowest BCUT2D eigenvalue weighted by Crippen LogP contribution is -2.30. The van der Waals surface area contributed by atoms with Gasteiger partial charge in [-0.1, -0.05) is 24.3 Å². The maximum absolute atomic E-state index is 13.5. The van der Waals surface area contributed by atoms with Crippen LogP contribution in [-0.2, 0) is 9.53 Å². The second-order valence-electron chi connectivity index (χ2n) is 5.26. The molecule has 2 aromatic rings. The molecule has 5 heteroatoms. The molecule has 1 N–H and O–H groups in total. The van der Waals surface area contributed by atoms with E-state index in [4.69, 9.17) is 4.74 Å². The van der Waals surface area contributed by atoms with Gasteiger partial charge < -0.3 is 10.1 Å². The Balaban J connectivity index is 2.04. The van der Waals surface area contributed by atoms with Crippen molar-refractivity contribution in [3.05, 3.63) is 65.0 Å². The van der Waals surface area contributed by atoms with Gasteiger partial charge in [-0.05, 0) is 50.1 Å². The minimum absolute atomic E-state index is 0.195. The number of halogens is 1. The van der Waals surface area contributed by atoms with Crippen molar-refractivity contribution >= 4 is 17.6 Å². The Bertz CT molecular complexity index is 743. The predicted molar refractivity (Wildman–Crippen MR) is 85.8 cm³/mol. The third kappa shape index (κ3) is 3.94. The summed E-state index contributed by atoms with van der Waals surface area (Å²) in [6.07, 6.45) is -1.04. The number of carbonyl (C=O) groups is 2. The number of anilines is 1. The molecule has 0 spiro atoms. The number of benzene rings is 2. The topological polar surface area (TPSA) is 55.4 Å². The molecule has 0 saturated carbocycles. The molecule has 0 aliphatic rings. The normalized spacial score (nSPS) is 11.7. The maximum atomic E-state index is 13.5. The van der Waals surface area contributed by atoms with Gasteiger partial charge in [0, 0.05) is 5.69 Å². The van der Waals surface area contributed by atoms with E-state index in [1.165, 1.54) is 25.1 Å². The molecule has 0 saturated heterocycles. The number of nitrogens with one attached hydrogen (secondary N) is 1. The molecule has 0 aromatic heterocycles. The average molecular weight is 315 g/mol. The fraction of sp³-hybridized carbons (Fsp3) is 0.222. The second kappa shape index (κ2) is 7.05. The number of rotatable bonds is 4. The van der Waals surface area contributed by atoms with E-state index in [0.717, 1.165) is 17.2 Å². The quantitative estimate of drug-likeness (QED) is 0.877. The highest BCUT2D eigenvalue weighted by molar-refractivity contribution is 5.97. The summed E-state index contributed by atoms with van der Waals surface area (Å²) in [6, 6.07) is 11.0. The van der Waals surface area contributed by atoms with E-state index in [2.05, 4.69) is 5.32 Å². The summed E-state index contributed by atoms with van der Waals surface area (Å²) in [5.74, 6) is -2.02. The van der Waals surface area contributed by atoms with Gasteiger partial charge in [-0.15, -0.1) is 0 Å². The van der Waals surface area contributed by atoms with Crippen LogP contribution >= 0.6 is 0 Å². The first-order valence-corrected chi connectivity index (χ1v) is 7.22. The predicted octanol–water partition coefficient (Wildman–Crippen LogP) is 3.63. The van der Waals surface area contributed by atoms with E-state index < -0.39 is 23.8 Å². The van der Waals surface area contributed by atoms with Gasteiger partial charge in [0.15, 0.2) is 6.10 Å². The highest BCUT2D eigenvalue weighted by Gasteiger charge is 2.21. The van der Waals surface area contributed by atoms with Crippen LogP contribution in [0.3, 0.4) is 0 Å². The molecule has 1 atom stereocenters. The Morgan fingerprint density at radius 3 is 2.48 bits per heavy atom. The van der Waals surface area contributed by atoms with E-state index in [0.29, 0.717) is 5.69 Å². The molecule has 0 bridgehead atoms. The fourth-order valence-corrected chi connectivity index (χ4v) is 2.03. The maximum Gasteiger partial charge on any atom is 0.341 e. The van der Waals surface area contributed by atoms with E-state index in [-0.39, 0.29) is 5.56 Å². The van der Waals surface area contributed by atoms with Crippen molar-refractivity contribution in [1.29, 1.82) is 0 Å². The molecule has 0 heterocycles. The zero-order chi connectivity index (χ0) is 17.0. The summed E-state index contributed by atoms with van der Waals surface area (Å²) in [5, 5.41) is 2.71. The van der Waals surface area contributed by atoms with Crippen molar-refractivity contribution in [2.75, 3.05) is 5.32 Å². The summed E-state index contributed by atoms with van der Waals surface area (Å²) in [6.45, 7) is 5.27. The monoisotopic (exact) mass is 315 g/mol. The highest BCUT2D eigenvalue weighted by Crippen LogP contribution is 2.18. The van der Waals surface area contributed by atoms with E-state index in [1.54, 1.807) is 6.07 Å². The Morgan fingerprint density at radius 1 is 1.09 bits per heavy atom. The van der Waals surface area contributed by atoms with E-state index in [9.17, 15) is 14.0 Å². The lowest BCUT2D eigenvalue weighted by Gasteiger charge is -2.15. The summed E-state index contributed by atoms with van der Waals surface area (Å²) in [4.78, 5) is 24.1. The Hall–Kier alpha value is -2.69. The highest BCUT2D eigenvalue weighted by atomic mass is 19.1. The van der Waals surface area contributed by atoms with Crippen LogP contribution in [0.5, 0.6) is 0 Å². The second-order valence-corrected chi connectivity index (χ2v) is 5.26. The largest absolute Gasteiger partial charge is 0.449 e. The number of amides is 1. The Labute approximate surface area is 134 Å². The van der Waals surface area contributed by atoms with E-state index in [1.807, 2.05) is 26.0 Å². The molecule has 1 amide bonds. The molecule has 0 aliphatic carbocycles. The van der Waals surface area contributed by atoms with Crippen LogP contribution in [0.1, 0.15) is 28.4 Å². The Kier molecular flexibility index (Phi) is 5.11. The number of ether oxygens (including phenoxy) is 1. The van der Waals surface area contributed by atoms with Gasteiger partial charge in [-0.25, -0.2) is 9.18 Å². The van der Waals surface area contributed by atoms with Crippen molar-refractivity contribution in [1.82, 2.24) is 0 Å². The molecule has 0 unspecified atom stereocenters. The lowest BCUT2D eigenvalue weighted by atomic mass is 10.1. The smallest absolute Gasteiger partial charge is 0.341 e. The minimum atomic E-state index is -1.04. The standard InChI is InChI=1S/C18H18FNO3/c1-11-7-6-10-16(12(11)2)20-17(21)13(3)23-18(22)14-8-4-5-9-15(14)19/h4-10,13H,1-3H3,(H,20,21)/t13-/m0/s1. The van der Waals surface area contributed by atoms with E-state index >= 15 is 0 Å². The van der Waals surface area contributed by atoms with Gasteiger partial charge in [-0.3, -0.25) is 4.79 Å². The molecule has 23 heavy (non-hydrogen) atoms. The molecular formula is C18H18FNO3.